The van der Waals surface area contributed by atoms with Gasteiger partial charge in [-0.3, -0.25) is 9.78 Å². The third-order valence-electron chi connectivity index (χ3n) is 5.14. The van der Waals surface area contributed by atoms with E-state index in [2.05, 4.69) is 17.1 Å². The molecular weight excluding hydrogens is 362 g/mol. The standard InChI is InChI=1S/C25H23NO3/c1-28-25-12-8-18(7-11-24(27)21-6-3-13-26-16-21)14-22(25)17-29-23-10-9-19-4-2-5-20(19)15-23/h3,6-16H,2,4-5,17H2,1H3/b11-7+. The molecule has 0 unspecified atom stereocenters. The fraction of sp³-hybridized carbons (Fsp3) is 0.200. The van der Waals surface area contributed by atoms with E-state index >= 15 is 0 Å². The molecule has 2 aromatic carbocycles. The van der Waals surface area contributed by atoms with E-state index in [-0.39, 0.29) is 5.78 Å². The highest BCUT2D eigenvalue weighted by atomic mass is 16.5. The van der Waals surface area contributed by atoms with E-state index in [1.165, 1.54) is 17.5 Å². The van der Waals surface area contributed by atoms with E-state index in [0.717, 1.165) is 35.5 Å². The molecule has 3 aromatic rings. The Balaban J connectivity index is 1.48. The minimum Gasteiger partial charge on any atom is -0.496 e. The number of ether oxygens (including phenoxy) is 2. The number of rotatable bonds is 7. The number of nitrogens with zero attached hydrogens (tertiary/aromatic N) is 1. The number of carbonyl (C=O) groups excluding carboxylic acids is 1. The molecule has 1 aromatic heterocycles. The number of allylic oxidation sites excluding steroid dienone is 1. The largest absolute Gasteiger partial charge is 0.496 e. The maximum absolute atomic E-state index is 12.3. The summed E-state index contributed by atoms with van der Waals surface area (Å²) in [6.07, 6.45) is 10.1. The van der Waals surface area contributed by atoms with Crippen LogP contribution in [0.1, 0.15) is 39.0 Å². The van der Waals surface area contributed by atoms with Crippen LogP contribution < -0.4 is 9.47 Å². The van der Waals surface area contributed by atoms with Gasteiger partial charge in [-0.2, -0.15) is 0 Å². The van der Waals surface area contributed by atoms with Crippen molar-refractivity contribution in [3.05, 3.63) is 94.8 Å². The summed E-state index contributed by atoms with van der Waals surface area (Å²) in [7, 11) is 1.65. The number of fused-ring (bicyclic) bond motifs is 1. The number of methoxy groups -OCH3 is 1. The highest BCUT2D eigenvalue weighted by molar-refractivity contribution is 6.06. The Hall–Kier alpha value is -3.40. The second-order valence-electron chi connectivity index (χ2n) is 7.08. The Bertz CT molecular complexity index is 1040. The van der Waals surface area contributed by atoms with Gasteiger partial charge in [-0.15, -0.1) is 0 Å². The molecule has 146 valence electrons. The first-order chi connectivity index (χ1) is 14.2. The summed E-state index contributed by atoms with van der Waals surface area (Å²) in [5.41, 5.74) is 5.23. The van der Waals surface area contributed by atoms with Gasteiger partial charge in [0.25, 0.3) is 0 Å². The molecule has 0 spiro atoms. The fourth-order valence-corrected chi connectivity index (χ4v) is 3.59. The van der Waals surface area contributed by atoms with Crippen molar-refractivity contribution in [2.75, 3.05) is 7.11 Å². The van der Waals surface area contributed by atoms with Crippen LogP contribution in [0.4, 0.5) is 0 Å². The van der Waals surface area contributed by atoms with Gasteiger partial charge >= 0.3 is 0 Å². The van der Waals surface area contributed by atoms with Crippen molar-refractivity contribution >= 4 is 11.9 Å². The van der Waals surface area contributed by atoms with Gasteiger partial charge in [-0.05, 0) is 78.4 Å². The smallest absolute Gasteiger partial charge is 0.187 e. The van der Waals surface area contributed by atoms with Crippen molar-refractivity contribution < 1.29 is 14.3 Å². The van der Waals surface area contributed by atoms with E-state index in [0.29, 0.717) is 12.2 Å². The monoisotopic (exact) mass is 385 g/mol. The van der Waals surface area contributed by atoms with E-state index in [1.54, 1.807) is 43.8 Å². The van der Waals surface area contributed by atoms with Crippen molar-refractivity contribution in [2.45, 2.75) is 25.9 Å². The van der Waals surface area contributed by atoms with Crippen LogP contribution in [0.2, 0.25) is 0 Å². The van der Waals surface area contributed by atoms with Crippen molar-refractivity contribution in [2.24, 2.45) is 0 Å². The van der Waals surface area contributed by atoms with Crippen LogP contribution in [0, 0.1) is 0 Å². The van der Waals surface area contributed by atoms with Crippen molar-refractivity contribution in [1.82, 2.24) is 4.98 Å². The van der Waals surface area contributed by atoms with Crippen molar-refractivity contribution in [1.29, 1.82) is 0 Å². The molecule has 29 heavy (non-hydrogen) atoms. The summed E-state index contributed by atoms with van der Waals surface area (Å²) in [5.74, 6) is 1.56. The molecule has 4 heteroatoms. The van der Waals surface area contributed by atoms with Crippen LogP contribution in [-0.4, -0.2) is 17.9 Å². The van der Waals surface area contributed by atoms with Gasteiger partial charge in [0, 0.05) is 23.5 Å². The lowest BCUT2D eigenvalue weighted by atomic mass is 10.1. The number of aryl methyl sites for hydroxylation is 2. The van der Waals surface area contributed by atoms with Gasteiger partial charge in [-0.25, -0.2) is 0 Å². The average molecular weight is 385 g/mol. The summed E-state index contributed by atoms with van der Waals surface area (Å²) in [4.78, 5) is 16.2. The topological polar surface area (TPSA) is 48.4 Å². The summed E-state index contributed by atoms with van der Waals surface area (Å²) in [6, 6.07) is 15.7. The van der Waals surface area contributed by atoms with Gasteiger partial charge in [-0.1, -0.05) is 18.2 Å². The highest BCUT2D eigenvalue weighted by Crippen LogP contribution is 2.28. The molecule has 0 atom stereocenters. The zero-order valence-electron chi connectivity index (χ0n) is 16.4. The quantitative estimate of drug-likeness (QED) is 0.422. The maximum Gasteiger partial charge on any atom is 0.187 e. The number of aromatic nitrogens is 1. The van der Waals surface area contributed by atoms with Crippen LogP contribution in [0.25, 0.3) is 6.08 Å². The summed E-state index contributed by atoms with van der Waals surface area (Å²) >= 11 is 0. The minimum atomic E-state index is -0.0788. The molecule has 4 nitrogen and oxygen atoms in total. The highest BCUT2D eigenvalue weighted by Gasteiger charge is 2.12. The van der Waals surface area contributed by atoms with Gasteiger partial charge in [0.1, 0.15) is 18.1 Å². The molecule has 0 radical (unpaired) electrons. The predicted octanol–water partition coefficient (Wildman–Crippen LogP) is 5.05. The Labute approximate surface area is 170 Å². The molecular formula is C25H23NO3. The molecule has 0 fully saturated rings. The molecule has 1 aliphatic rings. The Morgan fingerprint density at radius 3 is 2.83 bits per heavy atom. The van der Waals surface area contributed by atoms with Gasteiger partial charge in [0.05, 0.1) is 7.11 Å². The summed E-state index contributed by atoms with van der Waals surface area (Å²) < 4.78 is 11.5. The predicted molar refractivity (Wildman–Crippen MR) is 113 cm³/mol. The van der Waals surface area contributed by atoms with E-state index in [1.807, 2.05) is 24.3 Å². The molecule has 0 amide bonds. The van der Waals surface area contributed by atoms with Gasteiger partial charge in [0.15, 0.2) is 5.78 Å². The number of pyridine rings is 1. The summed E-state index contributed by atoms with van der Waals surface area (Å²) in [5, 5.41) is 0. The number of carbonyl (C=O) groups is 1. The molecule has 1 heterocycles. The van der Waals surface area contributed by atoms with Crippen LogP contribution in [-0.2, 0) is 19.4 Å². The van der Waals surface area contributed by atoms with Crippen LogP contribution in [0.5, 0.6) is 11.5 Å². The second-order valence-corrected chi connectivity index (χ2v) is 7.08. The molecule has 0 aliphatic heterocycles. The molecule has 1 aliphatic carbocycles. The molecule has 0 saturated carbocycles. The summed E-state index contributed by atoms with van der Waals surface area (Å²) in [6.45, 7) is 0.403. The van der Waals surface area contributed by atoms with Crippen LogP contribution in [0.3, 0.4) is 0 Å². The second kappa shape index (κ2) is 8.74. The molecule has 0 saturated heterocycles. The van der Waals surface area contributed by atoms with Crippen LogP contribution >= 0.6 is 0 Å². The lowest BCUT2D eigenvalue weighted by molar-refractivity contribution is 0.104. The lowest BCUT2D eigenvalue weighted by Crippen LogP contribution is -2.00. The number of ketones is 1. The first-order valence-corrected chi connectivity index (χ1v) is 9.77. The molecule has 4 rings (SSSR count). The third-order valence-corrected chi connectivity index (χ3v) is 5.14. The Kier molecular flexibility index (Phi) is 5.71. The van der Waals surface area contributed by atoms with Gasteiger partial charge in [0.2, 0.25) is 0 Å². The first-order valence-electron chi connectivity index (χ1n) is 9.77. The zero-order valence-corrected chi connectivity index (χ0v) is 16.4. The zero-order chi connectivity index (χ0) is 20.1. The SMILES string of the molecule is COc1ccc(/C=C/C(=O)c2cccnc2)cc1COc1ccc2c(c1)CCC2. The normalized spacial score (nSPS) is 12.7. The first kappa shape index (κ1) is 18.9. The third kappa shape index (κ3) is 4.54. The lowest BCUT2D eigenvalue weighted by Gasteiger charge is -2.12. The molecule has 0 N–H and O–H groups in total. The number of benzene rings is 2. The van der Waals surface area contributed by atoms with Crippen molar-refractivity contribution in [3.8, 4) is 11.5 Å². The number of hydrogen-bond donors (Lipinski definition) is 0. The maximum atomic E-state index is 12.3. The Morgan fingerprint density at radius 2 is 2.00 bits per heavy atom. The number of hydrogen-bond acceptors (Lipinski definition) is 4. The Morgan fingerprint density at radius 1 is 1.10 bits per heavy atom. The van der Waals surface area contributed by atoms with E-state index in [9.17, 15) is 4.79 Å². The minimum absolute atomic E-state index is 0.0788. The fourth-order valence-electron chi connectivity index (χ4n) is 3.59. The van der Waals surface area contributed by atoms with E-state index < -0.39 is 0 Å². The molecule has 0 bridgehead atoms. The average Bonchev–Trinajstić information content (AvgIpc) is 3.24. The van der Waals surface area contributed by atoms with E-state index in [4.69, 9.17) is 9.47 Å². The van der Waals surface area contributed by atoms with Crippen LogP contribution in [0.15, 0.2) is 67.0 Å². The van der Waals surface area contributed by atoms with Crippen molar-refractivity contribution in [3.63, 3.8) is 0 Å². The van der Waals surface area contributed by atoms with Gasteiger partial charge < -0.3 is 9.47 Å².